The lowest BCUT2D eigenvalue weighted by Gasteiger charge is -2.28. The molecule has 1 atom stereocenters. The maximum atomic E-state index is 8.88. The van der Waals surface area contributed by atoms with Crippen molar-refractivity contribution >= 4 is 0 Å². The van der Waals surface area contributed by atoms with Crippen LogP contribution in [0.2, 0.25) is 0 Å². The lowest BCUT2D eigenvalue weighted by molar-refractivity contribution is 0.178. The molecule has 0 spiro atoms. The van der Waals surface area contributed by atoms with E-state index in [1.165, 1.54) is 0 Å². The zero-order valence-corrected chi connectivity index (χ0v) is 9.07. The summed E-state index contributed by atoms with van der Waals surface area (Å²) in [6, 6.07) is 6.36. The van der Waals surface area contributed by atoms with E-state index in [0.717, 1.165) is 44.0 Å². The number of piperidine rings is 1. The van der Waals surface area contributed by atoms with E-state index in [1.807, 2.05) is 19.1 Å². The molecule has 1 aromatic heterocycles. The number of rotatable bonds is 2. The van der Waals surface area contributed by atoms with Gasteiger partial charge >= 0.3 is 0 Å². The van der Waals surface area contributed by atoms with Crippen molar-refractivity contribution in [2.45, 2.75) is 26.3 Å². The SMILES string of the molecule is Cc1ccc(CN2CCCC(C#N)C2)o1. The highest BCUT2D eigenvalue weighted by atomic mass is 16.3. The van der Waals surface area contributed by atoms with E-state index < -0.39 is 0 Å². The van der Waals surface area contributed by atoms with Crippen LogP contribution in [0.1, 0.15) is 24.4 Å². The number of hydrogen-bond acceptors (Lipinski definition) is 3. The summed E-state index contributed by atoms with van der Waals surface area (Å²) in [5.41, 5.74) is 0. The number of likely N-dealkylation sites (tertiary alicyclic amines) is 1. The van der Waals surface area contributed by atoms with Gasteiger partial charge in [0, 0.05) is 6.54 Å². The number of nitrogens with zero attached hydrogens (tertiary/aromatic N) is 2. The summed E-state index contributed by atoms with van der Waals surface area (Å²) in [7, 11) is 0. The van der Waals surface area contributed by atoms with Gasteiger partial charge in [-0.2, -0.15) is 5.26 Å². The highest BCUT2D eigenvalue weighted by Crippen LogP contribution is 2.18. The van der Waals surface area contributed by atoms with E-state index in [4.69, 9.17) is 9.68 Å². The topological polar surface area (TPSA) is 40.2 Å². The molecule has 0 bridgehead atoms. The third kappa shape index (κ3) is 2.60. The molecule has 0 N–H and O–H groups in total. The maximum absolute atomic E-state index is 8.88. The van der Waals surface area contributed by atoms with Gasteiger partial charge in [-0.15, -0.1) is 0 Å². The van der Waals surface area contributed by atoms with Crippen LogP contribution in [0, 0.1) is 24.2 Å². The van der Waals surface area contributed by atoms with E-state index in [0.29, 0.717) is 0 Å². The molecule has 3 nitrogen and oxygen atoms in total. The summed E-state index contributed by atoms with van der Waals surface area (Å²) in [5, 5.41) is 8.88. The third-order valence-corrected chi connectivity index (χ3v) is 2.86. The Morgan fingerprint density at radius 2 is 2.47 bits per heavy atom. The first-order valence-corrected chi connectivity index (χ1v) is 5.45. The average molecular weight is 204 g/mol. The van der Waals surface area contributed by atoms with E-state index in [2.05, 4.69) is 11.0 Å². The number of aryl methyl sites for hydroxylation is 1. The second-order valence-corrected chi connectivity index (χ2v) is 4.22. The van der Waals surface area contributed by atoms with Crippen molar-refractivity contribution in [1.82, 2.24) is 4.90 Å². The lowest BCUT2D eigenvalue weighted by atomic mass is 10.00. The molecule has 80 valence electrons. The highest BCUT2D eigenvalue weighted by molar-refractivity contribution is 5.05. The Bertz CT molecular complexity index is 364. The van der Waals surface area contributed by atoms with Gasteiger partial charge in [-0.1, -0.05) is 0 Å². The van der Waals surface area contributed by atoms with Gasteiger partial charge in [0.05, 0.1) is 18.5 Å². The minimum Gasteiger partial charge on any atom is -0.465 e. The average Bonchev–Trinajstić information content (AvgIpc) is 2.64. The molecule has 0 aromatic carbocycles. The Hall–Kier alpha value is -1.27. The van der Waals surface area contributed by atoms with Crippen molar-refractivity contribution in [2.24, 2.45) is 5.92 Å². The summed E-state index contributed by atoms with van der Waals surface area (Å²) in [5.74, 6) is 2.17. The first-order chi connectivity index (χ1) is 7.28. The van der Waals surface area contributed by atoms with Crippen LogP contribution in [0.5, 0.6) is 0 Å². The van der Waals surface area contributed by atoms with Crippen LogP contribution in [0.25, 0.3) is 0 Å². The molecule has 1 aromatic rings. The molecule has 2 rings (SSSR count). The zero-order valence-electron chi connectivity index (χ0n) is 9.07. The molecule has 1 saturated heterocycles. The van der Waals surface area contributed by atoms with Crippen LogP contribution in [0.3, 0.4) is 0 Å². The Balaban J connectivity index is 1.92. The van der Waals surface area contributed by atoms with E-state index in [1.54, 1.807) is 0 Å². The van der Waals surface area contributed by atoms with Crippen molar-refractivity contribution in [3.8, 4) is 6.07 Å². The van der Waals surface area contributed by atoms with E-state index in [9.17, 15) is 0 Å². The quantitative estimate of drug-likeness (QED) is 0.742. The Labute approximate surface area is 90.3 Å². The first-order valence-electron chi connectivity index (χ1n) is 5.45. The Morgan fingerprint density at radius 1 is 1.60 bits per heavy atom. The minimum atomic E-state index is 0.204. The fourth-order valence-electron chi connectivity index (χ4n) is 2.10. The molecule has 1 aliphatic heterocycles. The van der Waals surface area contributed by atoms with Gasteiger partial charge in [-0.3, -0.25) is 4.90 Å². The standard InChI is InChI=1S/C12H16N2O/c1-10-4-5-12(15-10)9-14-6-2-3-11(7-13)8-14/h4-5,11H,2-3,6,8-9H2,1H3. The molecule has 15 heavy (non-hydrogen) atoms. The second-order valence-electron chi connectivity index (χ2n) is 4.22. The van der Waals surface area contributed by atoms with Crippen molar-refractivity contribution in [3.63, 3.8) is 0 Å². The van der Waals surface area contributed by atoms with Gasteiger partial charge in [0.25, 0.3) is 0 Å². The lowest BCUT2D eigenvalue weighted by Crippen LogP contribution is -2.34. The molecule has 0 amide bonds. The molecule has 1 fully saturated rings. The molecule has 2 heterocycles. The number of furan rings is 1. The number of hydrogen-bond donors (Lipinski definition) is 0. The monoisotopic (exact) mass is 204 g/mol. The molecule has 1 unspecified atom stereocenters. The van der Waals surface area contributed by atoms with Crippen molar-refractivity contribution in [2.75, 3.05) is 13.1 Å². The minimum absolute atomic E-state index is 0.204. The van der Waals surface area contributed by atoms with Gasteiger partial charge in [0.2, 0.25) is 0 Å². The smallest absolute Gasteiger partial charge is 0.118 e. The van der Waals surface area contributed by atoms with E-state index in [-0.39, 0.29) is 5.92 Å². The summed E-state index contributed by atoms with van der Waals surface area (Å²) < 4.78 is 5.53. The fraction of sp³-hybridized carbons (Fsp3) is 0.583. The molecule has 0 radical (unpaired) electrons. The summed E-state index contributed by atoms with van der Waals surface area (Å²) in [6.07, 6.45) is 2.17. The highest BCUT2D eigenvalue weighted by Gasteiger charge is 2.19. The predicted molar refractivity (Wildman–Crippen MR) is 57.1 cm³/mol. The molecule has 3 heteroatoms. The molecule has 1 aliphatic rings. The molecule has 0 saturated carbocycles. The van der Waals surface area contributed by atoms with Crippen LogP contribution in [0.4, 0.5) is 0 Å². The summed E-state index contributed by atoms with van der Waals surface area (Å²) in [6.45, 7) is 4.76. The predicted octanol–water partition coefficient (Wildman–Crippen LogP) is 2.32. The fourth-order valence-corrected chi connectivity index (χ4v) is 2.10. The van der Waals surface area contributed by atoms with Gasteiger partial charge in [0.1, 0.15) is 11.5 Å². The second kappa shape index (κ2) is 4.50. The Morgan fingerprint density at radius 3 is 3.13 bits per heavy atom. The van der Waals surface area contributed by atoms with E-state index >= 15 is 0 Å². The van der Waals surface area contributed by atoms with Crippen LogP contribution < -0.4 is 0 Å². The molecule has 0 aliphatic carbocycles. The van der Waals surface area contributed by atoms with Gasteiger partial charge in [-0.05, 0) is 38.4 Å². The number of nitriles is 1. The summed E-state index contributed by atoms with van der Waals surface area (Å²) in [4.78, 5) is 2.30. The molecular formula is C12H16N2O. The third-order valence-electron chi connectivity index (χ3n) is 2.86. The van der Waals surface area contributed by atoms with Crippen molar-refractivity contribution < 1.29 is 4.42 Å². The van der Waals surface area contributed by atoms with Crippen LogP contribution in [-0.4, -0.2) is 18.0 Å². The normalized spacial score (nSPS) is 22.5. The maximum Gasteiger partial charge on any atom is 0.118 e. The summed E-state index contributed by atoms with van der Waals surface area (Å²) >= 11 is 0. The van der Waals surface area contributed by atoms with Gasteiger partial charge < -0.3 is 4.42 Å². The van der Waals surface area contributed by atoms with Crippen molar-refractivity contribution in [3.05, 3.63) is 23.7 Å². The first kappa shape index (κ1) is 10.3. The van der Waals surface area contributed by atoms with Gasteiger partial charge in [0.15, 0.2) is 0 Å². The van der Waals surface area contributed by atoms with Crippen LogP contribution in [-0.2, 0) is 6.54 Å². The van der Waals surface area contributed by atoms with Crippen molar-refractivity contribution in [1.29, 1.82) is 5.26 Å². The molecular weight excluding hydrogens is 188 g/mol. The van der Waals surface area contributed by atoms with Crippen LogP contribution in [0.15, 0.2) is 16.5 Å². The zero-order chi connectivity index (χ0) is 10.7. The van der Waals surface area contributed by atoms with Crippen LogP contribution >= 0.6 is 0 Å². The van der Waals surface area contributed by atoms with Gasteiger partial charge in [-0.25, -0.2) is 0 Å². The largest absolute Gasteiger partial charge is 0.465 e. The Kier molecular flexibility index (Phi) is 3.08.